The van der Waals surface area contributed by atoms with Gasteiger partial charge in [-0.3, -0.25) is 0 Å². The third kappa shape index (κ3) is 3.82. The van der Waals surface area contributed by atoms with Crippen molar-refractivity contribution in [3.05, 3.63) is 17.8 Å². The summed E-state index contributed by atoms with van der Waals surface area (Å²) in [4.78, 5) is 4.18. The number of methoxy groups -OCH3 is 1. The van der Waals surface area contributed by atoms with Crippen LogP contribution in [-0.4, -0.2) is 39.7 Å². The molecule has 0 saturated heterocycles. The van der Waals surface area contributed by atoms with Gasteiger partial charge in [-0.1, -0.05) is 13.0 Å². The van der Waals surface area contributed by atoms with Gasteiger partial charge < -0.3 is 4.74 Å². The number of rotatable bonds is 5. The largest absolute Gasteiger partial charge is 0.481 e. The first-order valence-electron chi connectivity index (χ1n) is 6.70. The molecule has 0 N–H and O–H groups in total. The standard InChI is InChI=1S/C14H23BN2O2S/c1-7-17(20(18)14(3,4)5)10(2)11-8-12(15)13(19-6)16-9-11/h8-10H,7H2,1-6H3/t10-,20+/m1/s1. The van der Waals surface area contributed by atoms with E-state index in [1.807, 2.05) is 45.0 Å². The summed E-state index contributed by atoms with van der Waals surface area (Å²) in [6.07, 6.45) is 1.72. The summed E-state index contributed by atoms with van der Waals surface area (Å²) in [7, 11) is 6.34. The highest BCUT2D eigenvalue weighted by atomic mass is 32.2. The van der Waals surface area contributed by atoms with Crippen molar-refractivity contribution in [2.24, 2.45) is 0 Å². The molecular weight excluding hydrogens is 271 g/mol. The van der Waals surface area contributed by atoms with E-state index < -0.39 is 11.0 Å². The van der Waals surface area contributed by atoms with E-state index in [2.05, 4.69) is 4.98 Å². The highest BCUT2D eigenvalue weighted by Gasteiger charge is 2.29. The lowest BCUT2D eigenvalue weighted by Crippen LogP contribution is -2.39. The molecule has 20 heavy (non-hydrogen) atoms. The fraction of sp³-hybridized carbons (Fsp3) is 0.643. The molecule has 1 heterocycles. The monoisotopic (exact) mass is 294 g/mol. The van der Waals surface area contributed by atoms with Gasteiger partial charge in [0.25, 0.3) is 0 Å². The van der Waals surface area contributed by atoms with Gasteiger partial charge in [0, 0.05) is 18.8 Å². The zero-order chi connectivity index (χ0) is 15.5. The molecule has 0 aliphatic rings. The summed E-state index contributed by atoms with van der Waals surface area (Å²) in [6, 6.07) is 1.81. The number of ether oxygens (including phenoxy) is 1. The quantitative estimate of drug-likeness (QED) is 0.777. The Morgan fingerprint density at radius 1 is 1.50 bits per heavy atom. The van der Waals surface area contributed by atoms with Gasteiger partial charge in [0.1, 0.15) is 18.8 Å². The van der Waals surface area contributed by atoms with Crippen molar-refractivity contribution in [2.45, 2.75) is 45.4 Å². The highest BCUT2D eigenvalue weighted by molar-refractivity contribution is 7.84. The van der Waals surface area contributed by atoms with E-state index in [1.54, 1.807) is 6.20 Å². The number of hydrogen-bond donors (Lipinski definition) is 0. The molecule has 110 valence electrons. The normalized spacial score (nSPS) is 15.2. The molecule has 1 aromatic rings. The maximum absolute atomic E-state index is 12.6. The number of hydrogen-bond acceptors (Lipinski definition) is 3. The van der Waals surface area contributed by atoms with Crippen LogP contribution in [0.5, 0.6) is 5.88 Å². The lowest BCUT2D eigenvalue weighted by molar-refractivity contribution is 0.369. The Balaban J connectivity index is 3.05. The predicted molar refractivity (Wildman–Crippen MR) is 84.9 cm³/mol. The smallest absolute Gasteiger partial charge is 0.205 e. The Bertz CT molecular complexity index is 489. The molecule has 0 saturated carbocycles. The molecule has 2 atom stereocenters. The molecular formula is C14H23BN2O2S. The molecule has 0 aliphatic heterocycles. The van der Waals surface area contributed by atoms with Crippen LogP contribution in [0.4, 0.5) is 0 Å². The Kier molecular flexibility index (Phi) is 5.77. The molecule has 0 bridgehead atoms. The minimum Gasteiger partial charge on any atom is -0.481 e. The minimum absolute atomic E-state index is 0.0271. The van der Waals surface area contributed by atoms with Gasteiger partial charge >= 0.3 is 0 Å². The van der Waals surface area contributed by atoms with Gasteiger partial charge in [0.15, 0.2) is 0 Å². The highest BCUT2D eigenvalue weighted by Crippen LogP contribution is 2.26. The molecule has 0 fully saturated rings. The van der Waals surface area contributed by atoms with Crippen LogP contribution >= 0.6 is 0 Å². The summed E-state index contributed by atoms with van der Waals surface area (Å²) in [5, 5.41) is 0. The summed E-state index contributed by atoms with van der Waals surface area (Å²) in [5.41, 5.74) is 1.43. The van der Waals surface area contributed by atoms with Crippen molar-refractivity contribution in [2.75, 3.05) is 13.7 Å². The van der Waals surface area contributed by atoms with Crippen molar-refractivity contribution in [1.82, 2.24) is 9.29 Å². The Hall–Kier alpha value is -0.875. The summed E-state index contributed by atoms with van der Waals surface area (Å²) in [5.74, 6) is 0.418. The molecule has 0 unspecified atom stereocenters. The van der Waals surface area contributed by atoms with E-state index in [9.17, 15) is 4.21 Å². The van der Waals surface area contributed by atoms with Crippen molar-refractivity contribution in [1.29, 1.82) is 0 Å². The Morgan fingerprint density at radius 2 is 2.10 bits per heavy atom. The van der Waals surface area contributed by atoms with Gasteiger partial charge in [-0.05, 0) is 38.7 Å². The van der Waals surface area contributed by atoms with E-state index in [1.165, 1.54) is 7.11 Å². The van der Waals surface area contributed by atoms with E-state index in [0.717, 1.165) is 5.56 Å². The average molecular weight is 294 g/mol. The van der Waals surface area contributed by atoms with Crippen molar-refractivity contribution in [3.8, 4) is 5.88 Å². The van der Waals surface area contributed by atoms with Crippen LogP contribution in [-0.2, 0) is 11.0 Å². The maximum Gasteiger partial charge on any atom is 0.205 e. The molecule has 0 aliphatic carbocycles. The number of nitrogens with zero attached hydrogens (tertiary/aromatic N) is 2. The zero-order valence-corrected chi connectivity index (χ0v) is 14.0. The topological polar surface area (TPSA) is 42.4 Å². The van der Waals surface area contributed by atoms with Crippen LogP contribution in [0.25, 0.3) is 0 Å². The SMILES string of the molecule is [B]c1cc([C@@H](C)N(CC)[S@@](=O)C(C)(C)C)cnc1OC. The van der Waals surface area contributed by atoms with Crippen LogP contribution in [0.2, 0.25) is 0 Å². The molecule has 0 spiro atoms. The van der Waals surface area contributed by atoms with Crippen molar-refractivity contribution in [3.63, 3.8) is 0 Å². The van der Waals surface area contributed by atoms with E-state index in [4.69, 9.17) is 12.6 Å². The third-order valence-corrected chi connectivity index (χ3v) is 5.10. The predicted octanol–water partition coefficient (Wildman–Crippen LogP) is 1.73. The summed E-state index contributed by atoms with van der Waals surface area (Å²) in [6.45, 7) is 10.6. The van der Waals surface area contributed by atoms with Gasteiger partial charge in [-0.15, -0.1) is 0 Å². The Morgan fingerprint density at radius 3 is 2.50 bits per heavy atom. The van der Waals surface area contributed by atoms with Crippen LogP contribution in [0.1, 0.15) is 46.2 Å². The molecule has 4 nitrogen and oxygen atoms in total. The van der Waals surface area contributed by atoms with Crippen LogP contribution in [0, 0.1) is 0 Å². The maximum atomic E-state index is 12.6. The third-order valence-electron chi connectivity index (χ3n) is 3.06. The number of pyridine rings is 1. The molecule has 6 heteroatoms. The first kappa shape index (κ1) is 17.2. The second-order valence-electron chi connectivity index (χ2n) is 5.64. The van der Waals surface area contributed by atoms with Gasteiger partial charge in [-0.2, -0.15) is 0 Å². The van der Waals surface area contributed by atoms with Crippen LogP contribution in [0.15, 0.2) is 12.3 Å². The molecule has 1 rings (SSSR count). The second kappa shape index (κ2) is 6.72. The summed E-state index contributed by atoms with van der Waals surface area (Å²) < 4.78 is 19.3. The van der Waals surface area contributed by atoms with Crippen molar-refractivity contribution >= 4 is 24.3 Å². The zero-order valence-electron chi connectivity index (χ0n) is 13.1. The van der Waals surface area contributed by atoms with E-state index in [-0.39, 0.29) is 10.8 Å². The number of aromatic nitrogens is 1. The van der Waals surface area contributed by atoms with Crippen LogP contribution in [0.3, 0.4) is 0 Å². The first-order chi connectivity index (χ1) is 9.22. The molecule has 0 aromatic carbocycles. The van der Waals surface area contributed by atoms with Gasteiger partial charge in [0.2, 0.25) is 5.88 Å². The average Bonchev–Trinajstić information content (AvgIpc) is 2.38. The van der Waals surface area contributed by atoms with Crippen LogP contribution < -0.4 is 10.2 Å². The fourth-order valence-corrected chi connectivity index (χ4v) is 3.29. The molecule has 1 aromatic heterocycles. The lowest BCUT2D eigenvalue weighted by atomic mass is 9.94. The summed E-state index contributed by atoms with van der Waals surface area (Å²) >= 11 is 0. The van der Waals surface area contributed by atoms with Gasteiger partial charge in [0.05, 0.1) is 11.9 Å². The molecule has 2 radical (unpaired) electrons. The Labute approximate surface area is 125 Å². The first-order valence-corrected chi connectivity index (χ1v) is 7.81. The lowest BCUT2D eigenvalue weighted by Gasteiger charge is -2.32. The minimum atomic E-state index is -1.09. The van der Waals surface area contributed by atoms with E-state index >= 15 is 0 Å². The second-order valence-corrected chi connectivity index (χ2v) is 7.83. The van der Waals surface area contributed by atoms with Crippen molar-refractivity contribution < 1.29 is 8.95 Å². The fourth-order valence-electron chi connectivity index (χ4n) is 1.94. The van der Waals surface area contributed by atoms with E-state index in [0.29, 0.717) is 17.9 Å². The van der Waals surface area contributed by atoms with Gasteiger partial charge in [-0.25, -0.2) is 13.5 Å². The molecule has 0 amide bonds.